The average Bonchev–Trinajstić information content (AvgIpc) is 1.96. The van der Waals surface area contributed by atoms with Crippen LogP contribution in [0.5, 0.6) is 5.75 Å². The topological polar surface area (TPSA) is 9.23 Å². The van der Waals surface area contributed by atoms with Gasteiger partial charge in [0.2, 0.25) is 0 Å². The van der Waals surface area contributed by atoms with Crippen molar-refractivity contribution in [2.75, 3.05) is 0 Å². The first-order valence-electron chi connectivity index (χ1n) is 3.41. The maximum Gasteiger partial charge on any atom is 0.573 e. The van der Waals surface area contributed by atoms with Crippen molar-refractivity contribution in [3.8, 4) is 5.75 Å². The molecule has 0 fully saturated rings. The van der Waals surface area contributed by atoms with Crippen molar-refractivity contribution in [2.45, 2.75) is 13.3 Å². The van der Waals surface area contributed by atoms with E-state index in [0.29, 0.717) is 5.56 Å². The lowest BCUT2D eigenvalue weighted by molar-refractivity contribution is -0.274. The van der Waals surface area contributed by atoms with Crippen molar-refractivity contribution >= 4 is 22.6 Å². The zero-order chi connectivity index (χ0) is 10.1. The Bertz CT molecular complexity index is 309. The fourth-order valence-electron chi connectivity index (χ4n) is 0.823. The first-order chi connectivity index (χ1) is 5.90. The van der Waals surface area contributed by atoms with Crippen LogP contribution in [0.4, 0.5) is 13.2 Å². The Labute approximate surface area is 87.0 Å². The summed E-state index contributed by atoms with van der Waals surface area (Å²) in [6.45, 7) is 1.59. The van der Waals surface area contributed by atoms with Gasteiger partial charge < -0.3 is 4.74 Å². The zero-order valence-corrected chi connectivity index (χ0v) is 8.81. The molecule has 0 aromatic heterocycles. The molecule has 0 aliphatic rings. The monoisotopic (exact) mass is 302 g/mol. The Kier molecular flexibility index (Phi) is 3.05. The Morgan fingerprint density at radius 3 is 2.46 bits per heavy atom. The Morgan fingerprint density at radius 2 is 1.92 bits per heavy atom. The molecule has 1 rings (SSSR count). The molecule has 0 aliphatic heterocycles. The van der Waals surface area contributed by atoms with Crippen molar-refractivity contribution < 1.29 is 17.9 Å². The molecule has 13 heavy (non-hydrogen) atoms. The molecular formula is C8H6F3IO. The fraction of sp³-hybridized carbons (Fsp3) is 0.250. The highest BCUT2D eigenvalue weighted by molar-refractivity contribution is 14.1. The minimum Gasteiger partial charge on any atom is -0.405 e. The smallest absolute Gasteiger partial charge is 0.405 e. The third-order valence-corrected chi connectivity index (χ3v) is 2.61. The molecule has 1 aromatic carbocycles. The number of hydrogen-bond acceptors (Lipinski definition) is 1. The Balaban J connectivity index is 2.96. The van der Waals surface area contributed by atoms with Crippen molar-refractivity contribution in [3.63, 3.8) is 0 Å². The minimum atomic E-state index is -4.62. The molecule has 0 radical (unpaired) electrons. The van der Waals surface area contributed by atoms with Crippen LogP contribution in [0, 0.1) is 10.5 Å². The van der Waals surface area contributed by atoms with Gasteiger partial charge in [-0.15, -0.1) is 13.2 Å². The van der Waals surface area contributed by atoms with Crippen molar-refractivity contribution in [1.82, 2.24) is 0 Å². The van der Waals surface area contributed by atoms with Gasteiger partial charge in [-0.1, -0.05) is 6.07 Å². The molecule has 0 unspecified atom stereocenters. The minimum absolute atomic E-state index is 0.139. The summed E-state index contributed by atoms with van der Waals surface area (Å²) in [6, 6.07) is 4.54. The molecule has 5 heteroatoms. The SMILES string of the molecule is Cc1c(I)cccc1OC(F)(F)F. The summed E-state index contributed by atoms with van der Waals surface area (Å²) in [7, 11) is 0. The summed E-state index contributed by atoms with van der Waals surface area (Å²) in [4.78, 5) is 0. The number of ether oxygens (including phenoxy) is 1. The molecule has 0 aliphatic carbocycles. The van der Waals surface area contributed by atoms with E-state index in [1.807, 2.05) is 22.6 Å². The molecular weight excluding hydrogens is 296 g/mol. The molecule has 0 saturated carbocycles. The van der Waals surface area contributed by atoms with E-state index in [2.05, 4.69) is 4.74 Å². The molecule has 0 N–H and O–H groups in total. The summed E-state index contributed by atoms with van der Waals surface area (Å²) in [6.07, 6.45) is -4.62. The Morgan fingerprint density at radius 1 is 1.31 bits per heavy atom. The average molecular weight is 302 g/mol. The van der Waals surface area contributed by atoms with E-state index in [9.17, 15) is 13.2 Å². The van der Waals surface area contributed by atoms with Crippen LogP contribution < -0.4 is 4.74 Å². The van der Waals surface area contributed by atoms with Gasteiger partial charge in [-0.05, 0) is 41.6 Å². The highest BCUT2D eigenvalue weighted by atomic mass is 127. The second kappa shape index (κ2) is 3.73. The summed E-state index contributed by atoms with van der Waals surface area (Å²) in [5, 5.41) is 0. The van der Waals surface area contributed by atoms with Gasteiger partial charge in [-0.3, -0.25) is 0 Å². The van der Waals surface area contributed by atoms with Gasteiger partial charge in [0.05, 0.1) is 0 Å². The predicted octanol–water partition coefficient (Wildman–Crippen LogP) is 3.50. The molecule has 0 saturated heterocycles. The van der Waals surface area contributed by atoms with Crippen LogP contribution in [0.2, 0.25) is 0 Å². The van der Waals surface area contributed by atoms with E-state index in [4.69, 9.17) is 0 Å². The maximum absolute atomic E-state index is 11.8. The molecule has 0 spiro atoms. The van der Waals surface area contributed by atoms with E-state index in [1.54, 1.807) is 13.0 Å². The third kappa shape index (κ3) is 3.06. The van der Waals surface area contributed by atoms with E-state index in [0.717, 1.165) is 3.57 Å². The van der Waals surface area contributed by atoms with E-state index in [1.165, 1.54) is 12.1 Å². The van der Waals surface area contributed by atoms with Gasteiger partial charge in [0.25, 0.3) is 0 Å². The molecule has 1 nitrogen and oxygen atoms in total. The summed E-state index contributed by atoms with van der Waals surface area (Å²) >= 11 is 1.95. The van der Waals surface area contributed by atoms with E-state index in [-0.39, 0.29) is 5.75 Å². The van der Waals surface area contributed by atoms with Crippen LogP contribution in [0.25, 0.3) is 0 Å². The van der Waals surface area contributed by atoms with Crippen LogP contribution in [0.3, 0.4) is 0 Å². The van der Waals surface area contributed by atoms with Gasteiger partial charge in [0.15, 0.2) is 0 Å². The number of rotatable bonds is 1. The summed E-state index contributed by atoms with van der Waals surface area (Å²) in [5.74, 6) is -0.139. The molecule has 0 atom stereocenters. The lowest BCUT2D eigenvalue weighted by Crippen LogP contribution is -2.17. The van der Waals surface area contributed by atoms with Gasteiger partial charge in [-0.2, -0.15) is 0 Å². The van der Waals surface area contributed by atoms with Crippen LogP contribution in [0.15, 0.2) is 18.2 Å². The summed E-state index contributed by atoms with van der Waals surface area (Å²) < 4.78 is 40.0. The van der Waals surface area contributed by atoms with Crippen LogP contribution in [-0.2, 0) is 0 Å². The molecule has 0 bridgehead atoms. The fourth-order valence-corrected chi connectivity index (χ4v) is 1.30. The van der Waals surface area contributed by atoms with Crippen molar-refractivity contribution in [3.05, 3.63) is 27.3 Å². The first kappa shape index (κ1) is 10.6. The van der Waals surface area contributed by atoms with Crippen LogP contribution in [-0.4, -0.2) is 6.36 Å². The van der Waals surface area contributed by atoms with E-state index < -0.39 is 6.36 Å². The van der Waals surface area contributed by atoms with Crippen molar-refractivity contribution in [2.24, 2.45) is 0 Å². The van der Waals surface area contributed by atoms with Crippen molar-refractivity contribution in [1.29, 1.82) is 0 Å². The maximum atomic E-state index is 11.8. The van der Waals surface area contributed by atoms with Crippen LogP contribution in [0.1, 0.15) is 5.56 Å². The second-order valence-electron chi connectivity index (χ2n) is 2.41. The molecule has 1 aromatic rings. The molecule has 72 valence electrons. The predicted molar refractivity (Wildman–Crippen MR) is 50.6 cm³/mol. The van der Waals surface area contributed by atoms with Gasteiger partial charge >= 0.3 is 6.36 Å². The largest absolute Gasteiger partial charge is 0.573 e. The van der Waals surface area contributed by atoms with Crippen LogP contribution >= 0.6 is 22.6 Å². The Hall–Kier alpha value is -0.460. The number of alkyl halides is 3. The first-order valence-corrected chi connectivity index (χ1v) is 4.49. The number of halogens is 4. The number of hydrogen-bond donors (Lipinski definition) is 0. The van der Waals surface area contributed by atoms with E-state index >= 15 is 0 Å². The standard InChI is InChI=1S/C8H6F3IO/c1-5-6(12)3-2-4-7(5)13-8(9,10)11/h2-4H,1H3. The van der Waals surface area contributed by atoms with Gasteiger partial charge in [0, 0.05) is 9.13 Å². The summed E-state index contributed by atoms with van der Waals surface area (Å²) in [5.41, 5.74) is 0.500. The second-order valence-corrected chi connectivity index (χ2v) is 3.57. The third-order valence-electron chi connectivity index (χ3n) is 1.44. The highest BCUT2D eigenvalue weighted by Crippen LogP contribution is 2.28. The quantitative estimate of drug-likeness (QED) is 0.722. The number of benzene rings is 1. The molecule has 0 heterocycles. The normalized spacial score (nSPS) is 11.5. The highest BCUT2D eigenvalue weighted by Gasteiger charge is 2.31. The van der Waals surface area contributed by atoms with Gasteiger partial charge in [-0.25, -0.2) is 0 Å². The molecule has 0 amide bonds. The zero-order valence-electron chi connectivity index (χ0n) is 6.65. The van der Waals surface area contributed by atoms with Gasteiger partial charge in [0.1, 0.15) is 5.75 Å². The lowest BCUT2D eigenvalue weighted by atomic mass is 10.2. The lowest BCUT2D eigenvalue weighted by Gasteiger charge is -2.11.